The van der Waals surface area contributed by atoms with Crippen molar-refractivity contribution in [3.05, 3.63) is 23.9 Å². The molecule has 2 rings (SSSR count). The Morgan fingerprint density at radius 2 is 2.31 bits per heavy atom. The molecule has 0 radical (unpaired) electrons. The van der Waals surface area contributed by atoms with Gasteiger partial charge in [-0.3, -0.25) is 0 Å². The van der Waals surface area contributed by atoms with E-state index in [4.69, 9.17) is 5.26 Å². The van der Waals surface area contributed by atoms with Gasteiger partial charge in [0.1, 0.15) is 11.9 Å². The molecule has 0 spiro atoms. The number of pyridine rings is 1. The van der Waals surface area contributed by atoms with Crippen LogP contribution < -0.4 is 5.32 Å². The molecule has 0 unspecified atom stereocenters. The Labute approximate surface area is 96.5 Å². The summed E-state index contributed by atoms with van der Waals surface area (Å²) in [5, 5.41) is 12.3. The first kappa shape index (κ1) is 10.9. The zero-order valence-electron chi connectivity index (χ0n) is 9.83. The second-order valence-electron chi connectivity index (χ2n) is 4.88. The van der Waals surface area contributed by atoms with E-state index in [-0.39, 0.29) is 0 Å². The van der Waals surface area contributed by atoms with Crippen molar-refractivity contribution in [3.63, 3.8) is 0 Å². The lowest BCUT2D eigenvalue weighted by molar-refractivity contribution is 0.380. The molecular weight excluding hydrogens is 198 g/mol. The molecule has 1 aromatic rings. The van der Waals surface area contributed by atoms with E-state index in [1.54, 1.807) is 18.3 Å². The molecular formula is C13H17N3. The Morgan fingerprint density at radius 3 is 2.88 bits per heavy atom. The van der Waals surface area contributed by atoms with Crippen LogP contribution >= 0.6 is 0 Å². The smallest absolute Gasteiger partial charge is 0.143 e. The highest BCUT2D eigenvalue weighted by Crippen LogP contribution is 2.51. The van der Waals surface area contributed by atoms with Gasteiger partial charge in [-0.15, -0.1) is 0 Å². The zero-order valence-corrected chi connectivity index (χ0v) is 9.83. The standard InChI is InChI=1S/C13H17N3/c1-10(2)13(5-6-13)9-16-12-11(8-14)4-3-7-15-12/h3-4,7,10H,5-6,9H2,1-2H3,(H,15,16). The van der Waals surface area contributed by atoms with Gasteiger partial charge in [0.25, 0.3) is 0 Å². The van der Waals surface area contributed by atoms with Crippen LogP contribution in [0.1, 0.15) is 32.3 Å². The molecule has 0 aliphatic heterocycles. The van der Waals surface area contributed by atoms with Crippen LogP contribution in [0.3, 0.4) is 0 Å². The summed E-state index contributed by atoms with van der Waals surface area (Å²) in [4.78, 5) is 4.21. The predicted molar refractivity (Wildman–Crippen MR) is 63.9 cm³/mol. The number of hydrogen-bond acceptors (Lipinski definition) is 3. The van der Waals surface area contributed by atoms with Crippen molar-refractivity contribution < 1.29 is 0 Å². The summed E-state index contributed by atoms with van der Waals surface area (Å²) in [5.41, 5.74) is 1.06. The molecule has 1 aromatic heterocycles. The monoisotopic (exact) mass is 215 g/mol. The average molecular weight is 215 g/mol. The molecule has 1 aliphatic carbocycles. The largest absolute Gasteiger partial charge is 0.368 e. The van der Waals surface area contributed by atoms with Gasteiger partial charge >= 0.3 is 0 Å². The maximum atomic E-state index is 8.94. The number of nitrogens with zero attached hydrogens (tertiary/aromatic N) is 2. The number of nitriles is 1. The Kier molecular flexibility index (Phi) is 2.82. The van der Waals surface area contributed by atoms with E-state index in [2.05, 4.69) is 30.2 Å². The Balaban J connectivity index is 2.03. The third kappa shape index (κ3) is 2.01. The van der Waals surface area contributed by atoms with Gasteiger partial charge in [0.05, 0.1) is 5.56 Å². The van der Waals surface area contributed by atoms with E-state index in [0.717, 1.165) is 12.4 Å². The second-order valence-corrected chi connectivity index (χ2v) is 4.88. The van der Waals surface area contributed by atoms with Gasteiger partial charge in [-0.05, 0) is 36.3 Å². The normalized spacial score (nSPS) is 16.9. The molecule has 0 amide bonds. The Bertz CT molecular complexity index is 413. The minimum absolute atomic E-state index is 0.435. The molecule has 16 heavy (non-hydrogen) atoms. The zero-order chi connectivity index (χ0) is 11.6. The third-order valence-electron chi connectivity index (χ3n) is 3.65. The Morgan fingerprint density at radius 1 is 1.56 bits per heavy atom. The van der Waals surface area contributed by atoms with Crippen LogP contribution in [0.5, 0.6) is 0 Å². The lowest BCUT2D eigenvalue weighted by Crippen LogP contribution is -2.21. The molecule has 1 aliphatic rings. The molecule has 1 N–H and O–H groups in total. The van der Waals surface area contributed by atoms with Crippen molar-refractivity contribution in [1.82, 2.24) is 4.98 Å². The van der Waals surface area contributed by atoms with Gasteiger partial charge in [0, 0.05) is 12.7 Å². The maximum Gasteiger partial charge on any atom is 0.143 e. The van der Waals surface area contributed by atoms with Gasteiger partial charge < -0.3 is 5.32 Å². The molecule has 0 atom stereocenters. The molecule has 3 nitrogen and oxygen atoms in total. The van der Waals surface area contributed by atoms with E-state index in [1.165, 1.54) is 12.8 Å². The number of aromatic nitrogens is 1. The highest BCUT2D eigenvalue weighted by atomic mass is 15.0. The summed E-state index contributed by atoms with van der Waals surface area (Å²) < 4.78 is 0. The first-order valence-corrected chi connectivity index (χ1v) is 5.77. The summed E-state index contributed by atoms with van der Waals surface area (Å²) in [7, 11) is 0. The van der Waals surface area contributed by atoms with Gasteiger partial charge in [-0.2, -0.15) is 5.26 Å². The van der Waals surface area contributed by atoms with Gasteiger partial charge in [-0.25, -0.2) is 4.98 Å². The molecule has 84 valence electrons. The van der Waals surface area contributed by atoms with E-state index in [9.17, 15) is 0 Å². The van der Waals surface area contributed by atoms with Crippen molar-refractivity contribution in [1.29, 1.82) is 5.26 Å². The fourth-order valence-electron chi connectivity index (χ4n) is 2.01. The fraction of sp³-hybridized carbons (Fsp3) is 0.538. The van der Waals surface area contributed by atoms with Crippen molar-refractivity contribution in [2.45, 2.75) is 26.7 Å². The van der Waals surface area contributed by atoms with Gasteiger partial charge in [0.2, 0.25) is 0 Å². The summed E-state index contributed by atoms with van der Waals surface area (Å²) in [6, 6.07) is 5.74. The van der Waals surface area contributed by atoms with Crippen LogP contribution in [-0.2, 0) is 0 Å². The fourth-order valence-corrected chi connectivity index (χ4v) is 2.01. The topological polar surface area (TPSA) is 48.7 Å². The molecule has 0 bridgehead atoms. The average Bonchev–Trinajstić information content (AvgIpc) is 3.08. The lowest BCUT2D eigenvalue weighted by Gasteiger charge is -2.20. The number of rotatable bonds is 4. The summed E-state index contributed by atoms with van der Waals surface area (Å²) in [6.45, 7) is 5.45. The van der Waals surface area contributed by atoms with E-state index < -0.39 is 0 Å². The quantitative estimate of drug-likeness (QED) is 0.840. The number of hydrogen-bond donors (Lipinski definition) is 1. The SMILES string of the molecule is CC(C)C1(CNc2ncccc2C#N)CC1. The van der Waals surface area contributed by atoms with Crippen LogP contribution in [0.15, 0.2) is 18.3 Å². The summed E-state index contributed by atoms with van der Waals surface area (Å²) in [5.74, 6) is 1.41. The predicted octanol–water partition coefficient (Wildman–Crippen LogP) is 2.80. The van der Waals surface area contributed by atoms with E-state index in [1.807, 2.05) is 0 Å². The van der Waals surface area contributed by atoms with Crippen molar-refractivity contribution in [2.75, 3.05) is 11.9 Å². The van der Waals surface area contributed by atoms with Crippen LogP contribution in [0.2, 0.25) is 0 Å². The van der Waals surface area contributed by atoms with Crippen LogP contribution in [0.25, 0.3) is 0 Å². The third-order valence-corrected chi connectivity index (χ3v) is 3.65. The molecule has 3 heteroatoms. The minimum Gasteiger partial charge on any atom is -0.368 e. The van der Waals surface area contributed by atoms with Gasteiger partial charge in [0.15, 0.2) is 0 Å². The van der Waals surface area contributed by atoms with Crippen molar-refractivity contribution >= 4 is 5.82 Å². The lowest BCUT2D eigenvalue weighted by atomic mass is 9.92. The van der Waals surface area contributed by atoms with Crippen LogP contribution in [-0.4, -0.2) is 11.5 Å². The molecule has 0 aromatic carbocycles. The first-order valence-electron chi connectivity index (χ1n) is 5.77. The number of anilines is 1. The van der Waals surface area contributed by atoms with E-state index >= 15 is 0 Å². The van der Waals surface area contributed by atoms with Crippen LogP contribution in [0, 0.1) is 22.7 Å². The highest BCUT2D eigenvalue weighted by Gasteiger charge is 2.45. The molecule has 1 fully saturated rings. The van der Waals surface area contributed by atoms with Gasteiger partial charge in [-0.1, -0.05) is 13.8 Å². The molecule has 1 saturated carbocycles. The van der Waals surface area contributed by atoms with E-state index in [0.29, 0.717) is 16.9 Å². The minimum atomic E-state index is 0.435. The molecule has 0 saturated heterocycles. The summed E-state index contributed by atoms with van der Waals surface area (Å²) >= 11 is 0. The first-order chi connectivity index (χ1) is 7.68. The Hall–Kier alpha value is -1.56. The number of nitrogens with one attached hydrogen (secondary N) is 1. The van der Waals surface area contributed by atoms with Crippen LogP contribution in [0.4, 0.5) is 5.82 Å². The molecule has 1 heterocycles. The van der Waals surface area contributed by atoms with Crippen molar-refractivity contribution in [3.8, 4) is 6.07 Å². The summed E-state index contributed by atoms with van der Waals surface area (Å²) in [6.07, 6.45) is 4.29. The maximum absolute atomic E-state index is 8.94. The highest BCUT2D eigenvalue weighted by molar-refractivity contribution is 5.51. The van der Waals surface area contributed by atoms with Crippen molar-refractivity contribution in [2.24, 2.45) is 11.3 Å². The second kappa shape index (κ2) is 4.13.